The van der Waals surface area contributed by atoms with Gasteiger partial charge < -0.3 is 15.4 Å². The Morgan fingerprint density at radius 3 is 3.00 bits per heavy atom. The zero-order valence-corrected chi connectivity index (χ0v) is 12.8. The minimum absolute atomic E-state index is 0.170. The van der Waals surface area contributed by atoms with Gasteiger partial charge in [0.25, 0.3) is 0 Å². The summed E-state index contributed by atoms with van der Waals surface area (Å²) in [5.41, 5.74) is 0.710. The van der Waals surface area contributed by atoms with Gasteiger partial charge >= 0.3 is 6.03 Å². The van der Waals surface area contributed by atoms with Gasteiger partial charge in [-0.15, -0.1) is 0 Å². The minimum atomic E-state index is -0.170. The number of hydrogen-bond donors (Lipinski definition) is 2. The van der Waals surface area contributed by atoms with Crippen molar-refractivity contribution in [2.75, 3.05) is 38.2 Å². The molecule has 0 bridgehead atoms. The Labute approximate surface area is 131 Å². The molecular formula is C16H24N4O2. The topological polar surface area (TPSA) is 66.5 Å². The molecule has 2 amide bonds. The summed E-state index contributed by atoms with van der Waals surface area (Å²) >= 11 is 0. The average molecular weight is 304 g/mol. The quantitative estimate of drug-likeness (QED) is 0.869. The van der Waals surface area contributed by atoms with E-state index in [2.05, 4.69) is 20.5 Å². The molecule has 0 radical (unpaired) electrons. The first kappa shape index (κ1) is 15.2. The first-order valence-corrected chi connectivity index (χ1v) is 8.09. The number of aromatic nitrogens is 1. The van der Waals surface area contributed by atoms with Crippen molar-refractivity contribution < 1.29 is 9.53 Å². The smallest absolute Gasteiger partial charge is 0.319 e. The number of ether oxygens (including phenoxy) is 1. The molecule has 3 rings (SSSR count). The van der Waals surface area contributed by atoms with Crippen molar-refractivity contribution in [3.8, 4) is 0 Å². The molecule has 2 unspecified atom stereocenters. The number of nitrogens with one attached hydrogen (secondary N) is 2. The third kappa shape index (κ3) is 3.96. The highest BCUT2D eigenvalue weighted by molar-refractivity contribution is 5.88. The maximum atomic E-state index is 12.0. The summed E-state index contributed by atoms with van der Waals surface area (Å²) < 4.78 is 5.54. The second-order valence-corrected chi connectivity index (χ2v) is 6.01. The van der Waals surface area contributed by atoms with Crippen LogP contribution in [0.2, 0.25) is 0 Å². The van der Waals surface area contributed by atoms with Crippen LogP contribution in [0.25, 0.3) is 0 Å². The Hall–Kier alpha value is -1.66. The van der Waals surface area contributed by atoms with Crippen LogP contribution >= 0.6 is 0 Å². The predicted octanol–water partition coefficient (Wildman–Crippen LogP) is 1.70. The van der Waals surface area contributed by atoms with Crippen LogP contribution in [0.3, 0.4) is 0 Å². The van der Waals surface area contributed by atoms with Gasteiger partial charge in [-0.05, 0) is 44.5 Å². The lowest BCUT2D eigenvalue weighted by atomic mass is 9.97. The fraction of sp³-hybridized carbons (Fsp3) is 0.625. The first-order valence-electron chi connectivity index (χ1n) is 8.09. The number of carbonyl (C=O) groups excluding carboxylic acids is 1. The minimum Gasteiger partial charge on any atom is -0.381 e. The van der Waals surface area contributed by atoms with Gasteiger partial charge in [0.15, 0.2) is 0 Å². The summed E-state index contributed by atoms with van der Waals surface area (Å²) in [6, 6.07) is 3.84. The molecule has 2 N–H and O–H groups in total. The van der Waals surface area contributed by atoms with E-state index in [0.717, 1.165) is 32.7 Å². The van der Waals surface area contributed by atoms with E-state index >= 15 is 0 Å². The van der Waals surface area contributed by atoms with E-state index in [4.69, 9.17) is 4.74 Å². The molecule has 0 aromatic carbocycles. The third-order valence-corrected chi connectivity index (χ3v) is 4.51. The Morgan fingerprint density at radius 2 is 2.32 bits per heavy atom. The molecule has 0 aliphatic carbocycles. The van der Waals surface area contributed by atoms with E-state index in [0.29, 0.717) is 24.2 Å². The summed E-state index contributed by atoms with van der Waals surface area (Å²) in [6.45, 7) is 4.59. The van der Waals surface area contributed by atoms with Gasteiger partial charge in [-0.25, -0.2) is 4.79 Å². The highest BCUT2D eigenvalue weighted by Crippen LogP contribution is 2.24. The van der Waals surface area contributed by atoms with E-state index < -0.39 is 0 Å². The van der Waals surface area contributed by atoms with Crippen molar-refractivity contribution in [2.45, 2.75) is 25.3 Å². The van der Waals surface area contributed by atoms with Gasteiger partial charge in [-0.2, -0.15) is 0 Å². The van der Waals surface area contributed by atoms with E-state index in [-0.39, 0.29) is 6.03 Å². The van der Waals surface area contributed by atoms with E-state index in [1.165, 1.54) is 12.8 Å². The van der Waals surface area contributed by atoms with Crippen LogP contribution in [0, 0.1) is 5.92 Å². The predicted molar refractivity (Wildman–Crippen MR) is 84.8 cm³/mol. The molecule has 2 atom stereocenters. The third-order valence-electron chi connectivity index (χ3n) is 4.51. The number of anilines is 1. The van der Waals surface area contributed by atoms with Crippen LogP contribution in [0.5, 0.6) is 0 Å². The number of carbonyl (C=O) groups is 1. The van der Waals surface area contributed by atoms with Crippen LogP contribution in [0.1, 0.15) is 19.3 Å². The Balaban J connectivity index is 1.52. The lowest BCUT2D eigenvalue weighted by Crippen LogP contribution is -2.48. The Bertz CT molecular complexity index is 454. The standard InChI is InChI=1S/C16H24N4O2/c21-16(19-14-4-3-6-17-10-14)18-11-15(13-5-9-22-12-13)20-7-1-2-8-20/h3-4,6,10,13,15H,1-2,5,7-9,11-12H2,(H2,18,19,21). The normalized spacial score (nSPS) is 23.4. The molecule has 2 aliphatic heterocycles. The lowest BCUT2D eigenvalue weighted by Gasteiger charge is -2.31. The second kappa shape index (κ2) is 7.56. The molecule has 22 heavy (non-hydrogen) atoms. The van der Waals surface area contributed by atoms with Crippen LogP contribution in [-0.4, -0.2) is 54.8 Å². The average Bonchev–Trinajstić information content (AvgIpc) is 3.22. The van der Waals surface area contributed by atoms with Gasteiger partial charge in [-0.3, -0.25) is 9.88 Å². The molecule has 1 aromatic heterocycles. The van der Waals surface area contributed by atoms with E-state index in [1.807, 2.05) is 6.07 Å². The largest absolute Gasteiger partial charge is 0.381 e. The highest BCUT2D eigenvalue weighted by Gasteiger charge is 2.32. The van der Waals surface area contributed by atoms with Crippen LogP contribution < -0.4 is 10.6 Å². The number of rotatable bonds is 5. The molecule has 6 nitrogen and oxygen atoms in total. The van der Waals surface area contributed by atoms with Gasteiger partial charge in [0.1, 0.15) is 0 Å². The van der Waals surface area contributed by atoms with Crippen molar-refractivity contribution in [1.82, 2.24) is 15.2 Å². The lowest BCUT2D eigenvalue weighted by molar-refractivity contribution is 0.135. The van der Waals surface area contributed by atoms with Crippen molar-refractivity contribution in [1.29, 1.82) is 0 Å². The Kier molecular flexibility index (Phi) is 5.24. The number of amides is 2. The Morgan fingerprint density at radius 1 is 1.45 bits per heavy atom. The van der Waals surface area contributed by atoms with Crippen molar-refractivity contribution in [3.05, 3.63) is 24.5 Å². The van der Waals surface area contributed by atoms with Gasteiger partial charge in [0.2, 0.25) is 0 Å². The van der Waals surface area contributed by atoms with Crippen molar-refractivity contribution >= 4 is 11.7 Å². The van der Waals surface area contributed by atoms with Gasteiger partial charge in [0.05, 0.1) is 18.5 Å². The fourth-order valence-electron chi connectivity index (χ4n) is 3.33. The maximum absolute atomic E-state index is 12.0. The van der Waals surface area contributed by atoms with Crippen LogP contribution in [-0.2, 0) is 4.74 Å². The van der Waals surface area contributed by atoms with Crippen LogP contribution in [0.4, 0.5) is 10.5 Å². The van der Waals surface area contributed by atoms with Gasteiger partial charge in [0, 0.05) is 31.3 Å². The molecule has 2 fully saturated rings. The second-order valence-electron chi connectivity index (χ2n) is 6.01. The number of hydrogen-bond acceptors (Lipinski definition) is 4. The molecule has 1 aromatic rings. The zero-order valence-electron chi connectivity index (χ0n) is 12.8. The molecule has 3 heterocycles. The van der Waals surface area contributed by atoms with E-state index in [1.54, 1.807) is 18.5 Å². The highest BCUT2D eigenvalue weighted by atomic mass is 16.5. The van der Waals surface area contributed by atoms with E-state index in [9.17, 15) is 4.79 Å². The number of likely N-dealkylation sites (tertiary alicyclic amines) is 1. The van der Waals surface area contributed by atoms with Crippen LogP contribution in [0.15, 0.2) is 24.5 Å². The summed E-state index contributed by atoms with van der Waals surface area (Å²) in [4.78, 5) is 18.5. The molecule has 6 heteroatoms. The number of pyridine rings is 1. The SMILES string of the molecule is O=C(NCC(C1CCOC1)N1CCCC1)Nc1cccnc1. The molecule has 0 saturated carbocycles. The number of nitrogens with zero attached hydrogens (tertiary/aromatic N) is 2. The van der Waals surface area contributed by atoms with Crippen molar-refractivity contribution in [2.24, 2.45) is 5.92 Å². The molecular weight excluding hydrogens is 280 g/mol. The molecule has 2 saturated heterocycles. The van der Waals surface area contributed by atoms with Crippen molar-refractivity contribution in [3.63, 3.8) is 0 Å². The summed E-state index contributed by atoms with van der Waals surface area (Å²) in [6.07, 6.45) is 6.93. The first-order chi connectivity index (χ1) is 10.8. The summed E-state index contributed by atoms with van der Waals surface area (Å²) in [7, 11) is 0. The van der Waals surface area contributed by atoms with Gasteiger partial charge in [-0.1, -0.05) is 0 Å². The molecule has 120 valence electrons. The zero-order chi connectivity index (χ0) is 15.2. The maximum Gasteiger partial charge on any atom is 0.319 e. The number of urea groups is 1. The monoisotopic (exact) mass is 304 g/mol. The molecule has 2 aliphatic rings. The fourth-order valence-corrected chi connectivity index (χ4v) is 3.33. The summed E-state index contributed by atoms with van der Waals surface area (Å²) in [5.74, 6) is 0.525. The summed E-state index contributed by atoms with van der Waals surface area (Å²) in [5, 5.41) is 5.83. The molecule has 0 spiro atoms.